The van der Waals surface area contributed by atoms with Crippen molar-refractivity contribution in [1.82, 2.24) is 15.0 Å². The quantitative estimate of drug-likeness (QED) is 0.317. The number of benzene rings is 1. The van der Waals surface area contributed by atoms with Gasteiger partial charge in [0.25, 0.3) is 5.91 Å². The zero-order chi connectivity index (χ0) is 21.8. The van der Waals surface area contributed by atoms with E-state index in [9.17, 15) is 9.90 Å². The number of halogens is 3. The summed E-state index contributed by atoms with van der Waals surface area (Å²) < 4.78 is 16.8. The second-order valence-electron chi connectivity index (χ2n) is 6.61. The van der Waals surface area contributed by atoms with Crippen LogP contribution in [0.15, 0.2) is 35.8 Å². The molecule has 0 saturated heterocycles. The monoisotopic (exact) mass is 484 g/mol. The van der Waals surface area contributed by atoms with Crippen LogP contribution >= 0.6 is 27.5 Å². The summed E-state index contributed by atoms with van der Waals surface area (Å²) in [6, 6.07) is 1.46. The molecule has 3 N–H and O–H groups in total. The largest absolute Gasteiger partial charge is 0.393 e. The average molecular weight is 486 g/mol. The van der Waals surface area contributed by atoms with Crippen LogP contribution in [0.3, 0.4) is 0 Å². The molecular formula is C19H19BrClFN4O3. The topological polar surface area (TPSA) is 88.4 Å². The van der Waals surface area contributed by atoms with Gasteiger partial charge in [-0.2, -0.15) is 0 Å². The first kappa shape index (κ1) is 22.9. The van der Waals surface area contributed by atoms with Crippen molar-refractivity contribution in [2.75, 3.05) is 11.9 Å². The van der Waals surface area contributed by atoms with E-state index in [1.54, 1.807) is 25.5 Å². The van der Waals surface area contributed by atoms with Crippen molar-refractivity contribution in [1.29, 1.82) is 0 Å². The average Bonchev–Trinajstić information content (AvgIpc) is 3.05. The smallest absolute Gasteiger partial charge is 0.277 e. The molecule has 0 saturated carbocycles. The van der Waals surface area contributed by atoms with Crippen molar-refractivity contribution >= 4 is 50.2 Å². The second-order valence-corrected chi connectivity index (χ2v) is 7.47. The highest BCUT2D eigenvalue weighted by Gasteiger charge is 2.25. The lowest BCUT2D eigenvalue weighted by Crippen LogP contribution is -2.38. The lowest BCUT2D eigenvalue weighted by atomic mass is 10.1. The van der Waals surface area contributed by atoms with Gasteiger partial charge in [0.2, 0.25) is 0 Å². The number of rotatable bonds is 7. The van der Waals surface area contributed by atoms with E-state index in [0.717, 1.165) is 0 Å². The van der Waals surface area contributed by atoms with E-state index < -0.39 is 17.3 Å². The SMILES string of the molecule is C=C(Cl)/C(=C\C#CBr)Nc1c(C(=O)NOC(C)(C)CO)cc2c(ncn2C)c1F. The number of aliphatic hydroxyl groups is 1. The molecule has 0 spiro atoms. The molecular weight excluding hydrogens is 467 g/mol. The lowest BCUT2D eigenvalue weighted by Gasteiger charge is -2.22. The predicted molar refractivity (Wildman–Crippen MR) is 114 cm³/mol. The van der Waals surface area contributed by atoms with Crippen LogP contribution in [-0.2, 0) is 11.9 Å². The number of carbonyl (C=O) groups excluding carboxylic acids is 1. The zero-order valence-corrected chi connectivity index (χ0v) is 18.3. The number of nitrogens with zero attached hydrogens (tertiary/aromatic N) is 2. The maximum atomic E-state index is 15.2. The molecule has 0 bridgehead atoms. The fourth-order valence-electron chi connectivity index (χ4n) is 2.21. The lowest BCUT2D eigenvalue weighted by molar-refractivity contribution is -0.0956. The molecule has 0 aliphatic heterocycles. The molecule has 7 nitrogen and oxygen atoms in total. The molecule has 1 amide bonds. The Kier molecular flexibility index (Phi) is 7.43. The minimum absolute atomic E-state index is 0.0600. The number of aryl methyl sites for hydroxylation is 1. The number of fused-ring (bicyclic) bond motifs is 1. The van der Waals surface area contributed by atoms with Crippen molar-refractivity contribution in [3.8, 4) is 10.8 Å². The van der Waals surface area contributed by atoms with E-state index in [1.165, 1.54) is 18.5 Å². The van der Waals surface area contributed by atoms with Crippen molar-refractivity contribution in [3.63, 3.8) is 0 Å². The highest BCUT2D eigenvalue weighted by molar-refractivity contribution is 9.12. The molecule has 0 aliphatic rings. The molecule has 1 aromatic heterocycles. The Morgan fingerprint density at radius 3 is 2.86 bits per heavy atom. The number of aliphatic hydroxyl groups excluding tert-OH is 1. The summed E-state index contributed by atoms with van der Waals surface area (Å²) >= 11 is 8.92. The van der Waals surface area contributed by atoms with Crippen molar-refractivity contribution in [2.45, 2.75) is 19.4 Å². The first-order valence-electron chi connectivity index (χ1n) is 8.27. The fraction of sp³-hybridized carbons (Fsp3) is 0.263. The van der Waals surface area contributed by atoms with Crippen molar-refractivity contribution < 1.29 is 19.1 Å². The van der Waals surface area contributed by atoms with Crippen molar-refractivity contribution in [3.05, 3.63) is 47.2 Å². The molecule has 0 radical (unpaired) electrons. The van der Waals surface area contributed by atoms with Crippen LogP contribution < -0.4 is 10.8 Å². The van der Waals surface area contributed by atoms with Gasteiger partial charge in [-0.05, 0) is 24.7 Å². The summed E-state index contributed by atoms with van der Waals surface area (Å²) in [6.45, 7) is 6.43. The highest BCUT2D eigenvalue weighted by Crippen LogP contribution is 2.30. The van der Waals surface area contributed by atoms with E-state index in [1.807, 2.05) is 0 Å². The van der Waals surface area contributed by atoms with E-state index in [-0.39, 0.29) is 34.1 Å². The minimum Gasteiger partial charge on any atom is -0.393 e. The minimum atomic E-state index is -1.03. The van der Waals surface area contributed by atoms with Gasteiger partial charge in [0.15, 0.2) is 5.82 Å². The van der Waals surface area contributed by atoms with Gasteiger partial charge in [-0.25, -0.2) is 14.9 Å². The van der Waals surface area contributed by atoms with Crippen LogP contribution in [0.5, 0.6) is 0 Å². The third-order valence-corrected chi connectivity index (χ3v) is 4.26. The summed E-state index contributed by atoms with van der Waals surface area (Å²) in [5.74, 6) is 1.12. The Balaban J connectivity index is 2.58. The van der Waals surface area contributed by atoms with Gasteiger partial charge >= 0.3 is 0 Å². The number of hydroxylamine groups is 1. The summed E-state index contributed by atoms with van der Waals surface area (Å²) in [5, 5.41) is 12.1. The van der Waals surface area contributed by atoms with Gasteiger partial charge in [0.05, 0.1) is 40.4 Å². The molecule has 2 aromatic rings. The molecule has 0 fully saturated rings. The number of aromatic nitrogens is 2. The zero-order valence-electron chi connectivity index (χ0n) is 15.9. The first-order chi connectivity index (χ1) is 13.6. The van der Waals surface area contributed by atoms with Crippen LogP contribution in [-0.4, -0.2) is 32.8 Å². The molecule has 1 heterocycles. The van der Waals surface area contributed by atoms with Crippen LogP contribution in [0.2, 0.25) is 0 Å². The Bertz CT molecular complexity index is 1050. The Morgan fingerprint density at radius 2 is 2.28 bits per heavy atom. The Labute approximate surface area is 180 Å². The molecule has 29 heavy (non-hydrogen) atoms. The number of amides is 1. The van der Waals surface area contributed by atoms with Gasteiger partial charge in [-0.1, -0.05) is 24.1 Å². The van der Waals surface area contributed by atoms with Crippen molar-refractivity contribution in [2.24, 2.45) is 7.05 Å². The number of carbonyl (C=O) groups is 1. The number of anilines is 1. The third kappa shape index (κ3) is 5.36. The predicted octanol–water partition coefficient (Wildman–Crippen LogP) is 3.55. The van der Waals surface area contributed by atoms with E-state index in [4.69, 9.17) is 16.4 Å². The molecule has 0 aliphatic carbocycles. The van der Waals surface area contributed by atoms with Crippen LogP contribution in [0.25, 0.3) is 11.0 Å². The maximum Gasteiger partial charge on any atom is 0.277 e. The second kappa shape index (κ2) is 9.41. The number of hydrogen-bond donors (Lipinski definition) is 3. The molecule has 154 valence electrons. The van der Waals surface area contributed by atoms with E-state index in [2.05, 4.69) is 49.0 Å². The van der Waals surface area contributed by atoms with Crippen LogP contribution in [0.4, 0.5) is 10.1 Å². The third-order valence-electron chi connectivity index (χ3n) is 3.83. The first-order valence-corrected chi connectivity index (χ1v) is 9.44. The molecule has 2 rings (SSSR count). The number of hydrogen-bond acceptors (Lipinski definition) is 5. The van der Waals surface area contributed by atoms with Gasteiger partial charge in [0, 0.05) is 29.1 Å². The summed E-state index contributed by atoms with van der Waals surface area (Å²) in [5.41, 5.74) is 1.62. The van der Waals surface area contributed by atoms with Crippen LogP contribution in [0, 0.1) is 16.6 Å². The van der Waals surface area contributed by atoms with Gasteiger partial charge in [-0.15, -0.1) is 0 Å². The summed E-state index contributed by atoms with van der Waals surface area (Å²) in [7, 11) is 1.67. The number of nitrogens with one attached hydrogen (secondary N) is 2. The summed E-state index contributed by atoms with van der Waals surface area (Å²) in [6.07, 6.45) is 2.80. The fourth-order valence-corrected chi connectivity index (χ4v) is 2.43. The van der Waals surface area contributed by atoms with E-state index in [0.29, 0.717) is 5.52 Å². The van der Waals surface area contributed by atoms with Gasteiger partial charge in [0.1, 0.15) is 11.1 Å². The highest BCUT2D eigenvalue weighted by atomic mass is 79.9. The van der Waals surface area contributed by atoms with Crippen LogP contribution in [0.1, 0.15) is 24.2 Å². The Hall–Kier alpha value is -2.38. The maximum absolute atomic E-state index is 15.2. The molecule has 0 atom stereocenters. The number of imidazole rings is 1. The van der Waals surface area contributed by atoms with Gasteiger partial charge in [-0.3, -0.25) is 9.63 Å². The summed E-state index contributed by atoms with van der Waals surface area (Å²) in [4.78, 5) is 24.5. The van der Waals surface area contributed by atoms with Gasteiger partial charge < -0.3 is 15.0 Å². The molecule has 10 heteroatoms. The van der Waals surface area contributed by atoms with E-state index >= 15 is 4.39 Å². The molecule has 0 unspecified atom stereocenters. The standard InChI is InChI=1S/C19H19BrClFN4O3/c1-11(21)13(6-5-7-20)24-16-12(18(28)25-29-19(2,3)9-27)8-14-17(15(16)22)23-10-26(14)4/h6,8,10,24,27H,1,9H2,2-4H3,(H,25,28)/b13-6+. The number of allylic oxidation sites excluding steroid dienone is 2. The normalized spacial score (nSPS) is 11.8. The molecule has 1 aromatic carbocycles. The Morgan fingerprint density at radius 1 is 1.59 bits per heavy atom.